The standard InChI is InChI=1S/C12H9ClN4O2/c13-9-4-2-1-3-8(9)12-15-14-10-5-7(6-11(18)19)16-17(10)12/h1-5,16H,6H2,(H,18,19). The van der Waals surface area contributed by atoms with Gasteiger partial charge in [0, 0.05) is 17.3 Å². The number of carbonyl (C=O) groups is 1. The van der Waals surface area contributed by atoms with Crippen molar-refractivity contribution in [2.45, 2.75) is 6.42 Å². The number of aromatic amines is 1. The Morgan fingerprint density at radius 1 is 1.37 bits per heavy atom. The van der Waals surface area contributed by atoms with Crippen molar-refractivity contribution in [3.8, 4) is 11.4 Å². The van der Waals surface area contributed by atoms with Crippen LogP contribution in [0.15, 0.2) is 30.3 Å². The van der Waals surface area contributed by atoms with Crippen LogP contribution in [-0.2, 0) is 11.2 Å². The fourth-order valence-corrected chi connectivity index (χ4v) is 2.12. The lowest BCUT2D eigenvalue weighted by molar-refractivity contribution is -0.136. The highest BCUT2D eigenvalue weighted by Crippen LogP contribution is 2.26. The average molecular weight is 277 g/mol. The van der Waals surface area contributed by atoms with E-state index in [0.717, 1.165) is 5.56 Å². The molecule has 2 heterocycles. The molecule has 19 heavy (non-hydrogen) atoms. The fourth-order valence-electron chi connectivity index (χ4n) is 1.90. The van der Waals surface area contributed by atoms with Crippen LogP contribution in [0.3, 0.4) is 0 Å². The van der Waals surface area contributed by atoms with Crippen LogP contribution in [0.1, 0.15) is 5.69 Å². The molecule has 0 saturated heterocycles. The first-order chi connectivity index (χ1) is 9.15. The summed E-state index contributed by atoms with van der Waals surface area (Å²) in [4.78, 5) is 10.7. The van der Waals surface area contributed by atoms with E-state index in [4.69, 9.17) is 16.7 Å². The molecule has 0 fully saturated rings. The largest absolute Gasteiger partial charge is 0.481 e. The Hall–Kier alpha value is -2.34. The number of H-pyrrole nitrogens is 1. The summed E-state index contributed by atoms with van der Waals surface area (Å²) in [6, 6.07) is 8.93. The van der Waals surface area contributed by atoms with E-state index >= 15 is 0 Å². The van der Waals surface area contributed by atoms with Gasteiger partial charge in [0.1, 0.15) is 0 Å². The van der Waals surface area contributed by atoms with Crippen LogP contribution in [0.2, 0.25) is 5.02 Å². The third-order valence-electron chi connectivity index (χ3n) is 2.70. The lowest BCUT2D eigenvalue weighted by Crippen LogP contribution is -2.01. The molecule has 96 valence electrons. The molecule has 3 aromatic rings. The molecule has 6 nitrogen and oxygen atoms in total. The summed E-state index contributed by atoms with van der Waals surface area (Å²) in [5, 5.41) is 20.3. The van der Waals surface area contributed by atoms with Gasteiger partial charge < -0.3 is 5.11 Å². The molecule has 0 aliphatic carbocycles. The van der Waals surface area contributed by atoms with Crippen LogP contribution in [0.5, 0.6) is 0 Å². The van der Waals surface area contributed by atoms with Crippen LogP contribution in [0.4, 0.5) is 0 Å². The number of aromatic nitrogens is 4. The number of rotatable bonds is 3. The van der Waals surface area contributed by atoms with Crippen molar-refractivity contribution < 1.29 is 9.90 Å². The number of aliphatic carboxylic acids is 1. The number of hydrogen-bond acceptors (Lipinski definition) is 3. The number of benzene rings is 1. The molecule has 0 saturated carbocycles. The number of fused-ring (bicyclic) bond motifs is 1. The number of carboxylic acid groups (broad SMARTS) is 1. The number of carboxylic acids is 1. The first kappa shape index (κ1) is 11.7. The quantitative estimate of drug-likeness (QED) is 0.766. The predicted molar refractivity (Wildman–Crippen MR) is 69.1 cm³/mol. The zero-order valence-electron chi connectivity index (χ0n) is 9.67. The molecule has 0 amide bonds. The maximum absolute atomic E-state index is 10.7. The van der Waals surface area contributed by atoms with Gasteiger partial charge in [-0.3, -0.25) is 9.89 Å². The summed E-state index contributed by atoms with van der Waals surface area (Å²) in [6.07, 6.45) is -0.0919. The van der Waals surface area contributed by atoms with Crippen molar-refractivity contribution in [3.63, 3.8) is 0 Å². The van der Waals surface area contributed by atoms with Crippen LogP contribution >= 0.6 is 11.6 Å². The molecule has 3 rings (SSSR count). The fraction of sp³-hybridized carbons (Fsp3) is 0.0833. The maximum atomic E-state index is 10.7. The van der Waals surface area contributed by atoms with Gasteiger partial charge in [-0.25, -0.2) is 4.52 Å². The van der Waals surface area contributed by atoms with Crippen molar-refractivity contribution in [3.05, 3.63) is 41.0 Å². The Labute approximate surface area is 112 Å². The van der Waals surface area contributed by atoms with Crippen LogP contribution in [-0.4, -0.2) is 30.9 Å². The minimum absolute atomic E-state index is 0.0919. The van der Waals surface area contributed by atoms with E-state index in [9.17, 15) is 4.79 Å². The van der Waals surface area contributed by atoms with Crippen LogP contribution in [0, 0.1) is 0 Å². The van der Waals surface area contributed by atoms with Crippen LogP contribution < -0.4 is 0 Å². The second-order valence-electron chi connectivity index (χ2n) is 4.05. The predicted octanol–water partition coefficient (Wildman–Crippen LogP) is 2.00. The SMILES string of the molecule is O=C(O)Cc1cc2nnc(-c3ccccc3Cl)n2[nH]1. The van der Waals surface area contributed by atoms with Gasteiger partial charge in [-0.15, -0.1) is 10.2 Å². The van der Waals surface area contributed by atoms with Gasteiger partial charge in [-0.2, -0.15) is 0 Å². The highest BCUT2D eigenvalue weighted by atomic mass is 35.5. The topological polar surface area (TPSA) is 83.3 Å². The molecule has 0 aliphatic rings. The zero-order valence-corrected chi connectivity index (χ0v) is 10.4. The van der Waals surface area contributed by atoms with Gasteiger partial charge in [0.25, 0.3) is 0 Å². The Morgan fingerprint density at radius 2 is 2.16 bits per heavy atom. The Morgan fingerprint density at radius 3 is 2.89 bits per heavy atom. The third-order valence-corrected chi connectivity index (χ3v) is 3.03. The number of nitrogens with one attached hydrogen (secondary N) is 1. The Kier molecular flexibility index (Phi) is 2.72. The first-order valence-corrected chi connectivity index (χ1v) is 5.92. The summed E-state index contributed by atoms with van der Waals surface area (Å²) in [7, 11) is 0. The molecule has 0 bridgehead atoms. The minimum atomic E-state index is -0.906. The van der Waals surface area contributed by atoms with E-state index in [-0.39, 0.29) is 6.42 Å². The first-order valence-electron chi connectivity index (χ1n) is 5.55. The van der Waals surface area contributed by atoms with Gasteiger partial charge in [-0.05, 0) is 12.1 Å². The van der Waals surface area contributed by atoms with E-state index < -0.39 is 5.97 Å². The second-order valence-corrected chi connectivity index (χ2v) is 4.46. The normalized spacial score (nSPS) is 11.0. The number of hydrogen-bond donors (Lipinski definition) is 2. The molecule has 0 unspecified atom stereocenters. The van der Waals surface area contributed by atoms with Crippen molar-refractivity contribution in [2.24, 2.45) is 0 Å². The van der Waals surface area contributed by atoms with Gasteiger partial charge >= 0.3 is 5.97 Å². The molecule has 0 spiro atoms. The van der Waals surface area contributed by atoms with E-state index in [1.54, 1.807) is 16.6 Å². The lowest BCUT2D eigenvalue weighted by Gasteiger charge is -2.00. The zero-order chi connectivity index (χ0) is 13.4. The van der Waals surface area contributed by atoms with Gasteiger partial charge in [0.15, 0.2) is 11.5 Å². The lowest BCUT2D eigenvalue weighted by atomic mass is 10.2. The van der Waals surface area contributed by atoms with Crippen molar-refractivity contribution >= 4 is 23.2 Å². The number of halogens is 1. The summed E-state index contributed by atoms with van der Waals surface area (Å²) in [5.41, 5.74) is 1.86. The van der Waals surface area contributed by atoms with E-state index in [0.29, 0.717) is 22.2 Å². The summed E-state index contributed by atoms with van der Waals surface area (Å²) < 4.78 is 1.62. The Balaban J connectivity index is 2.12. The molecular weight excluding hydrogens is 268 g/mol. The number of nitrogens with zero attached hydrogens (tertiary/aromatic N) is 3. The van der Waals surface area contributed by atoms with E-state index in [2.05, 4.69) is 15.3 Å². The van der Waals surface area contributed by atoms with Crippen LogP contribution in [0.25, 0.3) is 17.0 Å². The smallest absolute Gasteiger partial charge is 0.309 e. The minimum Gasteiger partial charge on any atom is -0.481 e. The highest BCUT2D eigenvalue weighted by molar-refractivity contribution is 6.33. The molecule has 7 heteroatoms. The van der Waals surface area contributed by atoms with E-state index in [1.807, 2.05) is 18.2 Å². The molecule has 1 aromatic carbocycles. The van der Waals surface area contributed by atoms with Gasteiger partial charge in [0.05, 0.1) is 11.4 Å². The van der Waals surface area contributed by atoms with Crippen molar-refractivity contribution in [2.75, 3.05) is 0 Å². The monoisotopic (exact) mass is 276 g/mol. The summed E-state index contributed by atoms with van der Waals surface area (Å²) >= 11 is 6.12. The average Bonchev–Trinajstić information content (AvgIpc) is 2.89. The maximum Gasteiger partial charge on any atom is 0.309 e. The van der Waals surface area contributed by atoms with Gasteiger partial charge in [0.2, 0.25) is 0 Å². The molecule has 2 aromatic heterocycles. The molecule has 2 N–H and O–H groups in total. The van der Waals surface area contributed by atoms with Crippen molar-refractivity contribution in [1.29, 1.82) is 0 Å². The highest BCUT2D eigenvalue weighted by Gasteiger charge is 2.14. The molecule has 0 aliphatic heterocycles. The van der Waals surface area contributed by atoms with Crippen molar-refractivity contribution in [1.82, 2.24) is 19.8 Å². The summed E-state index contributed by atoms with van der Waals surface area (Å²) in [5.74, 6) is -0.353. The Bertz CT molecular complexity index is 762. The van der Waals surface area contributed by atoms with E-state index in [1.165, 1.54) is 0 Å². The second kappa shape index (κ2) is 4.40. The molecular formula is C12H9ClN4O2. The summed E-state index contributed by atoms with van der Waals surface area (Å²) in [6.45, 7) is 0. The van der Waals surface area contributed by atoms with Gasteiger partial charge in [-0.1, -0.05) is 23.7 Å². The molecule has 0 atom stereocenters. The third kappa shape index (κ3) is 2.06. The molecule has 0 radical (unpaired) electrons.